The fourth-order valence-electron chi connectivity index (χ4n) is 2.66. The second-order valence-electron chi connectivity index (χ2n) is 5.70. The van der Waals surface area contributed by atoms with Gasteiger partial charge in [0, 0.05) is 0 Å². The topological polar surface area (TPSA) is 67.5 Å². The van der Waals surface area contributed by atoms with Crippen LogP contribution in [0.1, 0.15) is 50.6 Å². The minimum atomic E-state index is -0.595. The Hall–Kier alpha value is -0.940. The maximum atomic E-state index is 9.77. The van der Waals surface area contributed by atoms with Crippen molar-refractivity contribution >= 4 is 0 Å². The number of nitrogens with one attached hydrogen (secondary N) is 1. The number of aliphatic hydroxyl groups excluding tert-OH is 1. The Bertz CT molecular complexity index is 377. The van der Waals surface area contributed by atoms with Crippen LogP contribution in [-0.4, -0.2) is 23.4 Å². The molecule has 20 heavy (non-hydrogen) atoms. The molecule has 0 spiro atoms. The van der Waals surface area contributed by atoms with Gasteiger partial charge in [0.15, 0.2) is 0 Å². The van der Waals surface area contributed by atoms with Gasteiger partial charge in [0.25, 0.3) is 0 Å². The van der Waals surface area contributed by atoms with E-state index in [4.69, 9.17) is 10.6 Å². The zero-order chi connectivity index (χ0) is 14.4. The van der Waals surface area contributed by atoms with Crippen LogP contribution in [0.5, 0.6) is 0 Å². The molecule has 0 radical (unpaired) electrons. The van der Waals surface area contributed by atoms with E-state index >= 15 is 0 Å². The maximum Gasteiger partial charge on any atom is 0.0790 e. The zero-order valence-corrected chi connectivity index (χ0v) is 12.2. The smallest absolute Gasteiger partial charge is 0.0790 e. The summed E-state index contributed by atoms with van der Waals surface area (Å²) in [6, 6.07) is 9.32. The van der Waals surface area contributed by atoms with E-state index in [1.807, 2.05) is 30.3 Å². The van der Waals surface area contributed by atoms with E-state index < -0.39 is 12.1 Å². The van der Waals surface area contributed by atoms with Gasteiger partial charge in [-0.25, -0.2) is 0 Å². The van der Waals surface area contributed by atoms with Gasteiger partial charge in [-0.15, -0.1) is 0 Å². The van der Waals surface area contributed by atoms with Gasteiger partial charge in [0.1, 0.15) is 0 Å². The zero-order valence-electron chi connectivity index (χ0n) is 12.2. The molecule has 3 atom stereocenters. The van der Waals surface area contributed by atoms with Crippen molar-refractivity contribution in [1.82, 2.24) is 5.48 Å². The molecule has 4 heteroatoms. The molecule has 1 aliphatic rings. The summed E-state index contributed by atoms with van der Waals surface area (Å²) in [4.78, 5) is 5.83. The third-order valence-corrected chi connectivity index (χ3v) is 4.01. The van der Waals surface area contributed by atoms with Crippen LogP contribution in [0.4, 0.5) is 0 Å². The summed E-state index contributed by atoms with van der Waals surface area (Å²) in [5, 5.41) is 9.77. The average Bonchev–Trinajstić information content (AvgIpc) is 2.49. The molecule has 1 saturated carbocycles. The summed E-state index contributed by atoms with van der Waals surface area (Å²) in [7, 11) is 0. The lowest BCUT2D eigenvalue weighted by molar-refractivity contribution is -0.0695. The van der Waals surface area contributed by atoms with Crippen LogP contribution in [-0.2, 0) is 4.84 Å². The fourth-order valence-corrected chi connectivity index (χ4v) is 2.66. The normalized spacial score (nSPS) is 21.4. The molecule has 1 aromatic rings. The summed E-state index contributed by atoms with van der Waals surface area (Å²) in [5.74, 6) is 0. The van der Waals surface area contributed by atoms with E-state index in [1.54, 1.807) is 6.92 Å². The van der Waals surface area contributed by atoms with Crippen molar-refractivity contribution in [3.63, 3.8) is 0 Å². The summed E-state index contributed by atoms with van der Waals surface area (Å²) in [6.45, 7) is 1.71. The number of rotatable bonds is 6. The minimum absolute atomic E-state index is 0.196. The Morgan fingerprint density at radius 1 is 1.20 bits per heavy atom. The third kappa shape index (κ3) is 4.28. The first-order chi connectivity index (χ1) is 9.68. The lowest BCUT2D eigenvalue weighted by Crippen LogP contribution is -2.45. The predicted molar refractivity (Wildman–Crippen MR) is 79.9 cm³/mol. The molecule has 0 amide bonds. The number of benzene rings is 1. The Morgan fingerprint density at radius 3 is 2.45 bits per heavy atom. The Morgan fingerprint density at radius 2 is 1.85 bits per heavy atom. The molecular weight excluding hydrogens is 252 g/mol. The first-order valence-corrected chi connectivity index (χ1v) is 7.58. The van der Waals surface area contributed by atoms with Crippen molar-refractivity contribution in [3.05, 3.63) is 35.9 Å². The predicted octanol–water partition coefficient (Wildman–Crippen LogP) is 2.29. The molecule has 1 fully saturated rings. The Balaban J connectivity index is 1.99. The van der Waals surface area contributed by atoms with E-state index in [-0.39, 0.29) is 12.1 Å². The Labute approximate surface area is 121 Å². The van der Waals surface area contributed by atoms with Gasteiger partial charge in [0.2, 0.25) is 0 Å². The molecule has 0 bridgehead atoms. The SMILES string of the molecule is C[C@@H](O)[C@@H](N)C(NOC1CCCCC1)c1ccccc1. The van der Waals surface area contributed by atoms with Gasteiger partial charge < -0.3 is 10.8 Å². The van der Waals surface area contributed by atoms with Crippen molar-refractivity contribution in [1.29, 1.82) is 0 Å². The van der Waals surface area contributed by atoms with Gasteiger partial charge in [-0.3, -0.25) is 4.84 Å². The van der Waals surface area contributed by atoms with Crippen molar-refractivity contribution in [2.45, 2.75) is 63.3 Å². The summed E-state index contributed by atoms with van der Waals surface area (Å²) in [6.07, 6.45) is 5.61. The van der Waals surface area contributed by atoms with Crippen LogP contribution in [0.3, 0.4) is 0 Å². The minimum Gasteiger partial charge on any atom is -0.392 e. The van der Waals surface area contributed by atoms with Gasteiger partial charge in [-0.05, 0) is 25.3 Å². The molecule has 112 valence electrons. The summed E-state index contributed by atoms with van der Waals surface area (Å²) in [5.41, 5.74) is 10.3. The van der Waals surface area contributed by atoms with Crippen LogP contribution in [0, 0.1) is 0 Å². The lowest BCUT2D eigenvalue weighted by Gasteiger charge is -2.30. The Kier molecular flexibility index (Phi) is 5.98. The van der Waals surface area contributed by atoms with Crippen LogP contribution in [0.2, 0.25) is 0 Å². The highest BCUT2D eigenvalue weighted by atomic mass is 16.7. The average molecular weight is 278 g/mol. The van der Waals surface area contributed by atoms with E-state index in [2.05, 4.69) is 5.48 Å². The third-order valence-electron chi connectivity index (χ3n) is 4.01. The first kappa shape index (κ1) is 15.4. The van der Waals surface area contributed by atoms with E-state index in [1.165, 1.54) is 19.3 Å². The van der Waals surface area contributed by atoms with E-state index in [9.17, 15) is 5.11 Å². The molecule has 1 aliphatic carbocycles. The highest BCUT2D eigenvalue weighted by Gasteiger charge is 2.25. The lowest BCUT2D eigenvalue weighted by atomic mass is 9.97. The van der Waals surface area contributed by atoms with Gasteiger partial charge in [-0.2, -0.15) is 5.48 Å². The molecular formula is C16H26N2O2. The maximum absolute atomic E-state index is 9.77. The van der Waals surface area contributed by atoms with Gasteiger partial charge >= 0.3 is 0 Å². The summed E-state index contributed by atoms with van der Waals surface area (Å²) < 4.78 is 0. The number of hydrogen-bond acceptors (Lipinski definition) is 4. The van der Waals surface area contributed by atoms with Crippen molar-refractivity contribution in [3.8, 4) is 0 Å². The second-order valence-corrected chi connectivity index (χ2v) is 5.70. The molecule has 1 aromatic carbocycles. The number of nitrogens with two attached hydrogens (primary N) is 1. The molecule has 0 aromatic heterocycles. The standard InChI is InChI=1S/C16H26N2O2/c1-12(19)15(17)16(13-8-4-2-5-9-13)18-20-14-10-6-3-7-11-14/h2,4-5,8-9,12,14-16,18-19H,3,6-7,10-11,17H2,1H3/t12-,15-,16?/m1/s1. The number of aliphatic hydroxyl groups is 1. The quantitative estimate of drug-likeness (QED) is 0.698. The molecule has 1 unspecified atom stereocenters. The van der Waals surface area contributed by atoms with Crippen molar-refractivity contribution in [2.24, 2.45) is 5.73 Å². The highest BCUT2D eigenvalue weighted by molar-refractivity contribution is 5.20. The molecule has 0 aliphatic heterocycles. The van der Waals surface area contributed by atoms with Crippen LogP contribution < -0.4 is 11.2 Å². The monoisotopic (exact) mass is 278 g/mol. The van der Waals surface area contributed by atoms with Crippen LogP contribution >= 0.6 is 0 Å². The van der Waals surface area contributed by atoms with Gasteiger partial charge in [0.05, 0.1) is 24.3 Å². The first-order valence-electron chi connectivity index (χ1n) is 7.58. The highest BCUT2D eigenvalue weighted by Crippen LogP contribution is 2.22. The second kappa shape index (κ2) is 7.74. The van der Waals surface area contributed by atoms with E-state index in [0.29, 0.717) is 0 Å². The molecule has 4 nitrogen and oxygen atoms in total. The molecule has 2 rings (SSSR count). The van der Waals surface area contributed by atoms with E-state index in [0.717, 1.165) is 18.4 Å². The van der Waals surface area contributed by atoms with Crippen LogP contribution in [0.25, 0.3) is 0 Å². The molecule has 0 saturated heterocycles. The number of hydroxylamine groups is 1. The van der Waals surface area contributed by atoms with Gasteiger partial charge in [-0.1, -0.05) is 49.6 Å². The fraction of sp³-hybridized carbons (Fsp3) is 0.625. The number of hydrogen-bond donors (Lipinski definition) is 3. The van der Waals surface area contributed by atoms with Crippen molar-refractivity contribution in [2.75, 3.05) is 0 Å². The summed E-state index contributed by atoms with van der Waals surface area (Å²) >= 11 is 0. The van der Waals surface area contributed by atoms with Crippen LogP contribution in [0.15, 0.2) is 30.3 Å². The largest absolute Gasteiger partial charge is 0.392 e. The molecule has 0 heterocycles. The molecule has 4 N–H and O–H groups in total. The van der Waals surface area contributed by atoms with Crippen molar-refractivity contribution < 1.29 is 9.94 Å².